The lowest BCUT2D eigenvalue weighted by Crippen LogP contribution is -2.57. The van der Waals surface area contributed by atoms with Crippen molar-refractivity contribution in [3.8, 4) is 28.1 Å². The third kappa shape index (κ3) is 9.23. The standard InChI is InChI=1S/C20H23N7O2.2C2HF3O2/c1-20(5-7-29-20)24-15-4-6-27(12-15)19-21-11-17(25-26-19)16-3-2-13(8-18(16)28)14-9-22-23-10-14;2*3-2(4,5)1(6)7/h2-3,8-11,15,24,28H,4-7,12H2,1H3,(H,22,23);2*(H,6,7). The molecule has 3 aromatic rings. The van der Waals surface area contributed by atoms with E-state index in [4.69, 9.17) is 24.5 Å². The fourth-order valence-electron chi connectivity index (χ4n) is 3.89. The van der Waals surface area contributed by atoms with Gasteiger partial charge in [0.1, 0.15) is 17.2 Å². The molecule has 2 aliphatic heterocycles. The van der Waals surface area contributed by atoms with Crippen LogP contribution < -0.4 is 10.2 Å². The van der Waals surface area contributed by atoms with Crippen LogP contribution in [0.5, 0.6) is 5.75 Å². The molecule has 19 heteroatoms. The molecule has 0 radical (unpaired) electrons. The van der Waals surface area contributed by atoms with Crippen LogP contribution in [0.2, 0.25) is 0 Å². The van der Waals surface area contributed by atoms with Crippen molar-refractivity contribution in [2.45, 2.75) is 43.9 Å². The number of ether oxygens (including phenoxy) is 1. The summed E-state index contributed by atoms with van der Waals surface area (Å²) in [5, 5.41) is 43.6. The van der Waals surface area contributed by atoms with E-state index in [0.717, 1.165) is 43.7 Å². The molecular weight excluding hydrogens is 596 g/mol. The van der Waals surface area contributed by atoms with Gasteiger partial charge in [0.15, 0.2) is 0 Å². The summed E-state index contributed by atoms with van der Waals surface area (Å²) in [4.78, 5) is 24.4. The maximum atomic E-state index is 10.6. The summed E-state index contributed by atoms with van der Waals surface area (Å²) in [6.07, 6.45) is -2.97. The van der Waals surface area contributed by atoms with E-state index in [1.54, 1.807) is 24.7 Å². The SMILES string of the molecule is CC1(NC2CCN(c3ncc(-c4ccc(-c5cn[nH]c5)cc4O)nn3)C2)CCO1.O=C(O)C(F)(F)F.O=C(O)C(F)(F)F. The number of aromatic nitrogens is 5. The molecule has 234 valence electrons. The van der Waals surface area contributed by atoms with Crippen molar-refractivity contribution in [1.82, 2.24) is 30.7 Å². The molecule has 43 heavy (non-hydrogen) atoms. The van der Waals surface area contributed by atoms with Gasteiger partial charge < -0.3 is 25.0 Å². The number of carboxylic acids is 2. The van der Waals surface area contributed by atoms with Crippen LogP contribution in [0.1, 0.15) is 19.8 Å². The maximum Gasteiger partial charge on any atom is 0.490 e. The summed E-state index contributed by atoms with van der Waals surface area (Å²) in [5.74, 6) is -4.78. The minimum atomic E-state index is -5.08. The van der Waals surface area contributed by atoms with E-state index in [1.807, 2.05) is 12.1 Å². The predicted octanol–water partition coefficient (Wildman–Crippen LogP) is 3.21. The molecule has 2 unspecified atom stereocenters. The second-order valence-corrected chi connectivity index (χ2v) is 9.37. The average molecular weight is 621 g/mol. The Bertz CT molecular complexity index is 1360. The van der Waals surface area contributed by atoms with E-state index < -0.39 is 24.3 Å². The molecule has 1 aromatic carbocycles. The highest BCUT2D eigenvalue weighted by atomic mass is 19.4. The Morgan fingerprint density at radius 2 is 1.70 bits per heavy atom. The number of aromatic amines is 1. The van der Waals surface area contributed by atoms with Crippen molar-refractivity contribution in [2.24, 2.45) is 0 Å². The first-order valence-electron chi connectivity index (χ1n) is 12.3. The van der Waals surface area contributed by atoms with Gasteiger partial charge >= 0.3 is 24.3 Å². The zero-order valence-corrected chi connectivity index (χ0v) is 22.1. The lowest BCUT2D eigenvalue weighted by Gasteiger charge is -2.41. The predicted molar refractivity (Wildman–Crippen MR) is 135 cm³/mol. The molecule has 4 heterocycles. The summed E-state index contributed by atoms with van der Waals surface area (Å²) < 4.78 is 69.1. The Morgan fingerprint density at radius 1 is 1.07 bits per heavy atom. The molecule has 0 saturated carbocycles. The summed E-state index contributed by atoms with van der Waals surface area (Å²) in [7, 11) is 0. The molecule has 2 aliphatic rings. The Balaban J connectivity index is 0.000000303. The van der Waals surface area contributed by atoms with Crippen LogP contribution in [-0.2, 0) is 14.3 Å². The first-order valence-corrected chi connectivity index (χ1v) is 12.3. The number of aliphatic carboxylic acids is 2. The Labute approximate surface area is 238 Å². The average Bonchev–Trinajstić information content (AvgIpc) is 3.60. The molecule has 0 spiro atoms. The number of aromatic hydroxyl groups is 1. The van der Waals surface area contributed by atoms with Gasteiger partial charge in [-0.1, -0.05) is 6.07 Å². The molecule has 5 rings (SSSR count). The topological polar surface area (TPSA) is 187 Å². The third-order valence-electron chi connectivity index (χ3n) is 6.12. The van der Waals surface area contributed by atoms with Crippen molar-refractivity contribution in [3.63, 3.8) is 0 Å². The summed E-state index contributed by atoms with van der Waals surface area (Å²) in [6, 6.07) is 5.77. The van der Waals surface area contributed by atoms with Crippen LogP contribution in [-0.4, -0.2) is 96.5 Å². The van der Waals surface area contributed by atoms with Crippen molar-refractivity contribution in [1.29, 1.82) is 0 Å². The minimum Gasteiger partial charge on any atom is -0.507 e. The van der Waals surface area contributed by atoms with Gasteiger partial charge in [-0.25, -0.2) is 14.6 Å². The van der Waals surface area contributed by atoms with Crippen LogP contribution >= 0.6 is 0 Å². The minimum absolute atomic E-state index is 0.131. The zero-order chi connectivity index (χ0) is 32.0. The number of hydrogen-bond donors (Lipinski definition) is 5. The number of anilines is 1. The van der Waals surface area contributed by atoms with Gasteiger partial charge in [-0.3, -0.25) is 10.4 Å². The molecule has 2 fully saturated rings. The van der Waals surface area contributed by atoms with E-state index in [9.17, 15) is 31.4 Å². The lowest BCUT2D eigenvalue weighted by atomic mass is 10.0. The second kappa shape index (κ2) is 13.2. The first kappa shape index (κ1) is 33.0. The van der Waals surface area contributed by atoms with Gasteiger partial charge in [-0.05, 0) is 31.0 Å². The number of alkyl halides is 6. The van der Waals surface area contributed by atoms with Gasteiger partial charge in [0.2, 0.25) is 5.95 Å². The summed E-state index contributed by atoms with van der Waals surface area (Å²) in [5.41, 5.74) is 2.72. The number of nitrogens with one attached hydrogen (secondary N) is 2. The molecule has 13 nitrogen and oxygen atoms in total. The molecule has 2 aromatic heterocycles. The van der Waals surface area contributed by atoms with Crippen molar-refractivity contribution < 1.29 is 56.0 Å². The fourth-order valence-corrected chi connectivity index (χ4v) is 3.89. The van der Waals surface area contributed by atoms with Crippen LogP contribution in [0.15, 0.2) is 36.8 Å². The van der Waals surface area contributed by atoms with Gasteiger partial charge in [0.25, 0.3) is 0 Å². The van der Waals surface area contributed by atoms with Gasteiger partial charge in [0, 0.05) is 42.9 Å². The zero-order valence-electron chi connectivity index (χ0n) is 22.1. The van der Waals surface area contributed by atoms with Crippen LogP contribution in [0.25, 0.3) is 22.4 Å². The van der Waals surface area contributed by atoms with Gasteiger partial charge in [-0.15, -0.1) is 10.2 Å². The molecule has 0 aliphatic carbocycles. The van der Waals surface area contributed by atoms with Crippen molar-refractivity contribution >= 4 is 17.9 Å². The summed E-state index contributed by atoms with van der Waals surface area (Å²) >= 11 is 0. The molecule has 2 saturated heterocycles. The monoisotopic (exact) mass is 621 g/mol. The molecular formula is C24H25F6N7O6. The quantitative estimate of drug-likeness (QED) is 0.262. The summed E-state index contributed by atoms with van der Waals surface area (Å²) in [6.45, 7) is 4.62. The van der Waals surface area contributed by atoms with E-state index in [2.05, 4.69) is 42.5 Å². The Morgan fingerprint density at radius 3 is 2.14 bits per heavy atom. The number of rotatable bonds is 5. The van der Waals surface area contributed by atoms with Gasteiger partial charge in [-0.2, -0.15) is 31.4 Å². The normalized spacial score (nSPS) is 19.8. The van der Waals surface area contributed by atoms with E-state index in [1.165, 1.54) is 0 Å². The van der Waals surface area contributed by atoms with Gasteiger partial charge in [0.05, 0.1) is 19.0 Å². The number of hydrogen-bond acceptors (Lipinski definition) is 10. The molecule has 0 bridgehead atoms. The van der Waals surface area contributed by atoms with Crippen molar-refractivity contribution in [3.05, 3.63) is 36.8 Å². The lowest BCUT2D eigenvalue weighted by molar-refractivity contribution is -0.193. The highest BCUT2D eigenvalue weighted by Crippen LogP contribution is 2.32. The first-order chi connectivity index (χ1) is 20.0. The van der Waals surface area contributed by atoms with E-state index >= 15 is 0 Å². The largest absolute Gasteiger partial charge is 0.507 e. The number of nitrogens with zero attached hydrogens (tertiary/aromatic N) is 5. The second-order valence-electron chi connectivity index (χ2n) is 9.37. The number of benzene rings is 1. The van der Waals surface area contributed by atoms with Crippen LogP contribution in [0, 0.1) is 0 Å². The number of H-pyrrole nitrogens is 1. The molecule has 5 N–H and O–H groups in total. The highest BCUT2D eigenvalue weighted by Gasteiger charge is 2.39. The number of carbonyl (C=O) groups is 2. The fraction of sp³-hybridized carbons (Fsp3) is 0.417. The Hall–Kier alpha value is -4.52. The van der Waals surface area contributed by atoms with E-state index in [-0.39, 0.29) is 11.5 Å². The Kier molecular flexibility index (Phi) is 10.1. The third-order valence-corrected chi connectivity index (χ3v) is 6.12. The number of halogens is 6. The van der Waals surface area contributed by atoms with Crippen LogP contribution in [0.3, 0.4) is 0 Å². The molecule has 0 amide bonds. The maximum absolute atomic E-state index is 10.6. The van der Waals surface area contributed by atoms with Crippen LogP contribution in [0.4, 0.5) is 32.3 Å². The number of phenols is 1. The number of carboxylic acid groups (broad SMARTS) is 2. The van der Waals surface area contributed by atoms with Crippen molar-refractivity contribution in [2.75, 3.05) is 24.6 Å². The van der Waals surface area contributed by atoms with E-state index in [0.29, 0.717) is 23.2 Å². The smallest absolute Gasteiger partial charge is 0.490 e. The number of phenolic OH excluding ortho intramolecular Hbond substituents is 1. The highest BCUT2D eigenvalue weighted by molar-refractivity contribution is 5.74. The molecule has 2 atom stereocenters.